The highest BCUT2D eigenvalue weighted by atomic mass is 15.1. The van der Waals surface area contributed by atoms with Crippen molar-refractivity contribution in [2.45, 2.75) is 143 Å². The maximum absolute atomic E-state index is 2.59. The van der Waals surface area contributed by atoms with Crippen molar-refractivity contribution < 1.29 is 0 Å². The molecule has 0 spiro atoms. The molecule has 0 saturated heterocycles. The number of fused-ring (bicyclic) bond motifs is 3. The molecular weight excluding hydrogens is 665 g/mol. The van der Waals surface area contributed by atoms with Crippen molar-refractivity contribution >= 4 is 28.4 Å². The summed E-state index contributed by atoms with van der Waals surface area (Å²) < 4.78 is 0. The van der Waals surface area contributed by atoms with Gasteiger partial charge in [0.25, 0.3) is 0 Å². The van der Waals surface area contributed by atoms with Gasteiger partial charge in [-0.25, -0.2) is 0 Å². The van der Waals surface area contributed by atoms with E-state index in [1.54, 1.807) is 11.1 Å². The van der Waals surface area contributed by atoms with Crippen LogP contribution in [-0.4, -0.2) is 7.05 Å². The monoisotopic (exact) mass is 733 g/mol. The Balaban J connectivity index is 1.41. The van der Waals surface area contributed by atoms with Crippen LogP contribution >= 0.6 is 0 Å². The summed E-state index contributed by atoms with van der Waals surface area (Å²) in [6, 6.07) is 42.5. The van der Waals surface area contributed by atoms with E-state index in [0.717, 1.165) is 12.8 Å². The molecule has 290 valence electrons. The molecule has 0 radical (unpaired) electrons. The predicted octanol–water partition coefficient (Wildman–Crippen LogP) is 16.1. The van der Waals surface area contributed by atoms with Gasteiger partial charge in [-0.05, 0) is 139 Å². The molecule has 2 nitrogen and oxygen atoms in total. The number of rotatable bonds is 21. The van der Waals surface area contributed by atoms with Crippen molar-refractivity contribution in [3.63, 3.8) is 0 Å². The Labute approximate surface area is 335 Å². The van der Waals surface area contributed by atoms with Gasteiger partial charge in [-0.15, -0.1) is 0 Å². The fraction of sp³-hybridized carbons (Fsp3) is 0.434. The lowest BCUT2D eigenvalue weighted by Gasteiger charge is -2.34. The average molecular weight is 733 g/mol. The van der Waals surface area contributed by atoms with Crippen LogP contribution in [0.3, 0.4) is 0 Å². The fourth-order valence-electron chi connectivity index (χ4n) is 8.99. The molecule has 0 saturated carbocycles. The number of aryl methyl sites for hydroxylation is 3. The van der Waals surface area contributed by atoms with E-state index in [1.807, 2.05) is 0 Å². The van der Waals surface area contributed by atoms with E-state index >= 15 is 0 Å². The molecule has 5 aromatic carbocycles. The first-order valence-electron chi connectivity index (χ1n) is 22.0. The lowest BCUT2D eigenvalue weighted by atomic mass is 9.70. The van der Waals surface area contributed by atoms with E-state index in [1.165, 1.54) is 146 Å². The Morgan fingerprint density at radius 2 is 0.836 bits per heavy atom. The first-order chi connectivity index (χ1) is 26.9. The van der Waals surface area contributed by atoms with Crippen molar-refractivity contribution in [3.8, 4) is 11.1 Å². The summed E-state index contributed by atoms with van der Waals surface area (Å²) in [6.45, 7) is 11.5. The summed E-state index contributed by atoms with van der Waals surface area (Å²) in [4.78, 5) is 4.81. The highest BCUT2D eigenvalue weighted by Gasteiger charge is 2.42. The van der Waals surface area contributed by atoms with Gasteiger partial charge >= 0.3 is 0 Å². The van der Waals surface area contributed by atoms with Crippen LogP contribution < -0.4 is 9.80 Å². The van der Waals surface area contributed by atoms with E-state index in [4.69, 9.17) is 0 Å². The summed E-state index contributed by atoms with van der Waals surface area (Å²) in [5.41, 5.74) is 16.3. The van der Waals surface area contributed by atoms with Gasteiger partial charge < -0.3 is 9.80 Å². The molecule has 0 N–H and O–H groups in total. The highest BCUT2D eigenvalue weighted by Crippen LogP contribution is 2.56. The molecule has 55 heavy (non-hydrogen) atoms. The van der Waals surface area contributed by atoms with E-state index in [-0.39, 0.29) is 5.41 Å². The molecule has 0 atom stereocenters. The zero-order chi connectivity index (χ0) is 38.6. The van der Waals surface area contributed by atoms with Crippen molar-refractivity contribution in [3.05, 3.63) is 137 Å². The summed E-state index contributed by atoms with van der Waals surface area (Å²) in [7, 11) is 2.18. The van der Waals surface area contributed by atoms with Crippen molar-refractivity contribution in [1.29, 1.82) is 0 Å². The van der Waals surface area contributed by atoms with E-state index in [0.29, 0.717) is 0 Å². The molecule has 0 heterocycles. The Morgan fingerprint density at radius 1 is 0.418 bits per heavy atom. The summed E-state index contributed by atoms with van der Waals surface area (Å²) >= 11 is 0. The van der Waals surface area contributed by atoms with Gasteiger partial charge in [0.15, 0.2) is 0 Å². The van der Waals surface area contributed by atoms with Gasteiger partial charge in [0.1, 0.15) is 0 Å². The number of hydrogen-bond acceptors (Lipinski definition) is 2. The number of nitrogens with zero attached hydrogens (tertiary/aromatic N) is 2. The molecule has 1 aliphatic rings. The Kier molecular flexibility index (Phi) is 14.3. The predicted molar refractivity (Wildman–Crippen MR) is 241 cm³/mol. The maximum Gasteiger partial charge on any atom is 0.0465 e. The number of unbranched alkanes of at least 4 members (excludes halogenated alkanes) is 8. The number of hydrogen-bond donors (Lipinski definition) is 0. The Bertz CT molecular complexity index is 1910. The second-order valence-electron chi connectivity index (χ2n) is 16.4. The van der Waals surface area contributed by atoms with Crippen LogP contribution in [0, 0.1) is 6.92 Å². The van der Waals surface area contributed by atoms with Gasteiger partial charge in [-0.3, -0.25) is 0 Å². The first-order valence-corrected chi connectivity index (χ1v) is 22.0. The van der Waals surface area contributed by atoms with E-state index < -0.39 is 0 Å². The molecule has 6 rings (SSSR count). The molecule has 0 amide bonds. The average Bonchev–Trinajstić information content (AvgIpc) is 3.48. The molecule has 2 heteroatoms. The molecule has 0 unspecified atom stereocenters. The van der Waals surface area contributed by atoms with Gasteiger partial charge in [0.2, 0.25) is 0 Å². The van der Waals surface area contributed by atoms with Gasteiger partial charge in [-0.1, -0.05) is 146 Å². The van der Waals surface area contributed by atoms with Crippen LogP contribution in [0.5, 0.6) is 0 Å². The first kappa shape index (κ1) is 40.4. The molecule has 0 fully saturated rings. The third-order valence-corrected chi connectivity index (χ3v) is 12.3. The van der Waals surface area contributed by atoms with Crippen molar-refractivity contribution in [2.24, 2.45) is 0 Å². The smallest absolute Gasteiger partial charge is 0.0465 e. The summed E-state index contributed by atoms with van der Waals surface area (Å²) in [5.74, 6) is 0. The summed E-state index contributed by atoms with van der Waals surface area (Å²) in [6.07, 6.45) is 20.0. The fourth-order valence-corrected chi connectivity index (χ4v) is 8.99. The number of benzene rings is 5. The van der Waals surface area contributed by atoms with Crippen LogP contribution in [0.1, 0.15) is 145 Å². The second-order valence-corrected chi connectivity index (χ2v) is 16.4. The molecule has 5 aromatic rings. The van der Waals surface area contributed by atoms with Crippen molar-refractivity contribution in [1.82, 2.24) is 0 Å². The quantitative estimate of drug-likeness (QED) is 0.0693. The van der Waals surface area contributed by atoms with Crippen LogP contribution in [-0.2, 0) is 18.3 Å². The van der Waals surface area contributed by atoms with Crippen LogP contribution in [0.15, 0.2) is 109 Å². The Hall–Kier alpha value is -4.30. The standard InChI is InChI=1S/C53H68N2/c1-7-11-15-17-37-53(38-18-16-12-8-2)51-39-41(5)21-35-49(51)50-36-34-48(40-52(50)53)55(46-28-24-43(25-29-46)20-14-10-4)47-32-30-45(31-33-47)54(6)44-26-22-42(23-27-44)19-13-9-3/h21-36,39-40H,7-20,37-38H2,1-6H3. The molecule has 0 aliphatic heterocycles. The zero-order valence-electron chi connectivity index (χ0n) is 35.1. The van der Waals surface area contributed by atoms with Crippen LogP contribution in [0.25, 0.3) is 11.1 Å². The van der Waals surface area contributed by atoms with E-state index in [9.17, 15) is 0 Å². The third kappa shape index (κ3) is 9.40. The van der Waals surface area contributed by atoms with Crippen LogP contribution in [0.4, 0.5) is 28.4 Å². The third-order valence-electron chi connectivity index (χ3n) is 12.3. The minimum atomic E-state index is 0.0442. The lowest BCUT2D eigenvalue weighted by molar-refractivity contribution is 0.401. The minimum absolute atomic E-state index is 0.0442. The second kappa shape index (κ2) is 19.5. The largest absolute Gasteiger partial charge is 0.345 e. The molecule has 1 aliphatic carbocycles. The molecule has 0 bridgehead atoms. The minimum Gasteiger partial charge on any atom is -0.345 e. The van der Waals surface area contributed by atoms with Crippen molar-refractivity contribution in [2.75, 3.05) is 16.8 Å². The molecular formula is C53H68N2. The summed E-state index contributed by atoms with van der Waals surface area (Å²) in [5, 5.41) is 0. The van der Waals surface area contributed by atoms with E-state index in [2.05, 4.69) is 161 Å². The zero-order valence-corrected chi connectivity index (χ0v) is 35.1. The van der Waals surface area contributed by atoms with Gasteiger partial charge in [-0.2, -0.15) is 0 Å². The lowest BCUT2D eigenvalue weighted by Crippen LogP contribution is -2.26. The number of anilines is 5. The van der Waals surface area contributed by atoms with Gasteiger partial charge in [0.05, 0.1) is 0 Å². The normalized spacial score (nSPS) is 12.8. The topological polar surface area (TPSA) is 6.48 Å². The highest BCUT2D eigenvalue weighted by molar-refractivity contribution is 5.86. The SMILES string of the molecule is CCCCCCC1(CCCCCC)c2cc(C)ccc2-c2ccc(N(c3ccc(CCCC)cc3)c3ccc(N(C)c4ccc(CCCC)cc4)cc3)cc21. The van der Waals surface area contributed by atoms with Crippen LogP contribution in [0.2, 0.25) is 0 Å². The Morgan fingerprint density at radius 3 is 1.35 bits per heavy atom. The maximum atomic E-state index is 2.59. The molecule has 0 aromatic heterocycles. The van der Waals surface area contributed by atoms with Gasteiger partial charge in [0, 0.05) is 40.9 Å².